The third-order valence-corrected chi connectivity index (χ3v) is 5.95. The molecule has 0 aliphatic heterocycles. The summed E-state index contributed by atoms with van der Waals surface area (Å²) in [6, 6.07) is 12.2. The second-order valence-electron chi connectivity index (χ2n) is 5.56. The summed E-state index contributed by atoms with van der Waals surface area (Å²) in [5.41, 5.74) is 0.351. The summed E-state index contributed by atoms with van der Waals surface area (Å²) in [4.78, 5) is 10.6. The van der Waals surface area contributed by atoms with Crippen LogP contribution in [0.1, 0.15) is 19.4 Å². The largest absolute Gasteiger partial charge is 0.450 e. The summed E-state index contributed by atoms with van der Waals surface area (Å²) >= 11 is 0. The zero-order chi connectivity index (χ0) is 20.0. The Hall–Kier alpha value is -2.96. The lowest BCUT2D eigenvalue weighted by Gasteiger charge is -2.18. The molecule has 0 aromatic heterocycles. The lowest BCUT2D eigenvalue weighted by Crippen LogP contribution is -2.30. The van der Waals surface area contributed by atoms with E-state index >= 15 is 0 Å². The first kappa shape index (κ1) is 20.4. The van der Waals surface area contributed by atoms with Crippen LogP contribution in [0, 0.1) is 21.4 Å². The van der Waals surface area contributed by atoms with Crippen LogP contribution in [0.5, 0.6) is 11.5 Å². The molecule has 0 N–H and O–H groups in total. The average molecular weight is 389 g/mol. The Kier molecular flexibility index (Phi) is 6.50. The second-order valence-corrected chi connectivity index (χ2v) is 7.49. The van der Waals surface area contributed by atoms with E-state index in [-0.39, 0.29) is 30.2 Å². The maximum atomic E-state index is 12.6. The van der Waals surface area contributed by atoms with Gasteiger partial charge in [-0.2, -0.15) is 9.57 Å². The third-order valence-electron chi connectivity index (χ3n) is 3.90. The van der Waals surface area contributed by atoms with Gasteiger partial charge in [0.1, 0.15) is 5.75 Å². The van der Waals surface area contributed by atoms with Crippen molar-refractivity contribution in [1.82, 2.24) is 4.31 Å². The fourth-order valence-corrected chi connectivity index (χ4v) is 3.97. The van der Waals surface area contributed by atoms with E-state index in [1.54, 1.807) is 38.1 Å². The van der Waals surface area contributed by atoms with Crippen molar-refractivity contribution in [3.63, 3.8) is 0 Å². The van der Waals surface area contributed by atoms with Gasteiger partial charge in [0.25, 0.3) is 0 Å². The minimum Gasteiger partial charge on any atom is -0.450 e. The molecule has 0 radical (unpaired) electrons. The molecule has 0 saturated heterocycles. The van der Waals surface area contributed by atoms with E-state index in [1.807, 2.05) is 6.07 Å². The van der Waals surface area contributed by atoms with Crippen molar-refractivity contribution in [2.24, 2.45) is 0 Å². The van der Waals surface area contributed by atoms with Gasteiger partial charge >= 0.3 is 5.69 Å². The molecule has 9 heteroatoms. The first-order valence-corrected chi connectivity index (χ1v) is 9.69. The Morgan fingerprint density at radius 2 is 1.78 bits per heavy atom. The van der Waals surface area contributed by atoms with E-state index in [0.29, 0.717) is 5.75 Å². The third kappa shape index (κ3) is 4.61. The quantitative estimate of drug-likeness (QED) is 0.504. The molecule has 0 fully saturated rings. The highest BCUT2D eigenvalue weighted by atomic mass is 32.2. The van der Waals surface area contributed by atoms with Crippen molar-refractivity contribution < 1.29 is 18.1 Å². The zero-order valence-electron chi connectivity index (χ0n) is 15.0. The zero-order valence-corrected chi connectivity index (χ0v) is 15.8. The SMILES string of the molecule is CCN(CC)S(=O)(=O)c1ccc(Oc2ccc(CC#N)cc2)c([N+](=O)[O-])c1. The first-order valence-electron chi connectivity index (χ1n) is 8.25. The van der Waals surface area contributed by atoms with Crippen LogP contribution in [-0.4, -0.2) is 30.7 Å². The van der Waals surface area contributed by atoms with E-state index in [9.17, 15) is 18.5 Å². The maximum absolute atomic E-state index is 12.6. The number of hydrogen-bond donors (Lipinski definition) is 0. The van der Waals surface area contributed by atoms with Gasteiger partial charge in [-0.1, -0.05) is 26.0 Å². The Labute approximate surface area is 157 Å². The monoisotopic (exact) mass is 389 g/mol. The Balaban J connectivity index is 2.39. The standard InChI is InChI=1S/C18H19N3O5S/c1-3-20(4-2)27(24,25)16-9-10-18(17(13-16)21(22)23)26-15-7-5-14(6-8-15)11-12-19/h5-10,13H,3-4,11H2,1-2H3. The molecular formula is C18H19N3O5S. The van der Waals surface area contributed by atoms with E-state index in [2.05, 4.69) is 0 Å². The summed E-state index contributed by atoms with van der Waals surface area (Å²) in [6.45, 7) is 3.92. The molecule has 0 aliphatic rings. The number of nitriles is 1. The van der Waals surface area contributed by atoms with Crippen LogP contribution < -0.4 is 4.74 Å². The molecule has 0 saturated carbocycles. The summed E-state index contributed by atoms with van der Waals surface area (Å²) in [5, 5.41) is 20.1. The smallest absolute Gasteiger partial charge is 0.312 e. The van der Waals surface area contributed by atoms with Crippen molar-refractivity contribution in [3.8, 4) is 17.6 Å². The molecule has 0 heterocycles. The minimum absolute atomic E-state index is 0.0634. The number of hydrogen-bond acceptors (Lipinski definition) is 6. The van der Waals surface area contributed by atoms with Crippen molar-refractivity contribution in [1.29, 1.82) is 5.26 Å². The highest BCUT2D eigenvalue weighted by Crippen LogP contribution is 2.34. The van der Waals surface area contributed by atoms with Gasteiger partial charge in [-0.3, -0.25) is 10.1 Å². The molecule has 0 amide bonds. The fourth-order valence-electron chi connectivity index (χ4n) is 2.49. The van der Waals surface area contributed by atoms with Gasteiger partial charge in [-0.25, -0.2) is 8.42 Å². The molecule has 0 unspecified atom stereocenters. The average Bonchev–Trinajstić information content (AvgIpc) is 2.64. The number of nitro benzene ring substituents is 1. The van der Waals surface area contributed by atoms with Gasteiger partial charge in [0.05, 0.1) is 22.3 Å². The van der Waals surface area contributed by atoms with Crippen molar-refractivity contribution >= 4 is 15.7 Å². The molecule has 142 valence electrons. The number of nitrogens with zero attached hydrogens (tertiary/aromatic N) is 3. The molecule has 27 heavy (non-hydrogen) atoms. The molecule has 0 bridgehead atoms. The van der Waals surface area contributed by atoms with Crippen LogP contribution in [-0.2, 0) is 16.4 Å². The number of sulfonamides is 1. The van der Waals surface area contributed by atoms with E-state index < -0.39 is 20.6 Å². The topological polar surface area (TPSA) is 114 Å². The number of rotatable bonds is 8. The van der Waals surface area contributed by atoms with Crippen LogP contribution in [0.15, 0.2) is 47.4 Å². The molecule has 2 rings (SSSR count). The lowest BCUT2D eigenvalue weighted by molar-refractivity contribution is -0.385. The fraction of sp³-hybridized carbons (Fsp3) is 0.278. The maximum Gasteiger partial charge on any atom is 0.312 e. The molecule has 0 spiro atoms. The predicted molar refractivity (Wildman–Crippen MR) is 99.0 cm³/mol. The molecular weight excluding hydrogens is 370 g/mol. The Morgan fingerprint density at radius 3 is 2.30 bits per heavy atom. The van der Waals surface area contributed by atoms with E-state index in [0.717, 1.165) is 11.6 Å². The Bertz CT molecular complexity index is 961. The van der Waals surface area contributed by atoms with Crippen molar-refractivity contribution in [2.45, 2.75) is 25.2 Å². The lowest BCUT2D eigenvalue weighted by atomic mass is 10.2. The highest BCUT2D eigenvalue weighted by Gasteiger charge is 2.26. The highest BCUT2D eigenvalue weighted by molar-refractivity contribution is 7.89. The summed E-state index contributed by atoms with van der Waals surface area (Å²) < 4.78 is 31.9. The molecule has 8 nitrogen and oxygen atoms in total. The van der Waals surface area contributed by atoms with Gasteiger partial charge in [-0.05, 0) is 29.8 Å². The van der Waals surface area contributed by atoms with Crippen LogP contribution >= 0.6 is 0 Å². The predicted octanol–water partition coefficient (Wildman–Crippen LogP) is 3.48. The summed E-state index contributed by atoms with van der Waals surface area (Å²) in [5.74, 6) is 0.283. The molecule has 0 aliphatic carbocycles. The van der Waals surface area contributed by atoms with Crippen molar-refractivity contribution in [3.05, 3.63) is 58.1 Å². The number of nitro groups is 1. The summed E-state index contributed by atoms with van der Waals surface area (Å²) in [7, 11) is -3.82. The minimum atomic E-state index is -3.82. The van der Waals surface area contributed by atoms with Crippen LogP contribution in [0.4, 0.5) is 5.69 Å². The van der Waals surface area contributed by atoms with Gasteiger partial charge < -0.3 is 4.74 Å². The summed E-state index contributed by atoms with van der Waals surface area (Å²) in [6.07, 6.45) is 0.248. The van der Waals surface area contributed by atoms with E-state index in [4.69, 9.17) is 10.00 Å². The first-order chi connectivity index (χ1) is 12.8. The van der Waals surface area contributed by atoms with Crippen LogP contribution in [0.2, 0.25) is 0 Å². The number of ether oxygens (including phenoxy) is 1. The molecule has 0 atom stereocenters. The van der Waals surface area contributed by atoms with Gasteiger partial charge in [0.15, 0.2) is 0 Å². The van der Waals surface area contributed by atoms with Crippen molar-refractivity contribution in [2.75, 3.05) is 13.1 Å². The number of benzene rings is 2. The van der Waals surface area contributed by atoms with Crippen LogP contribution in [0.3, 0.4) is 0 Å². The normalized spacial score (nSPS) is 11.2. The second kappa shape index (κ2) is 8.62. The molecule has 2 aromatic carbocycles. The van der Waals surface area contributed by atoms with Gasteiger partial charge in [0.2, 0.25) is 15.8 Å². The van der Waals surface area contributed by atoms with Gasteiger partial charge in [-0.15, -0.1) is 0 Å². The van der Waals surface area contributed by atoms with E-state index in [1.165, 1.54) is 16.4 Å². The van der Waals surface area contributed by atoms with Gasteiger partial charge in [0, 0.05) is 19.2 Å². The molecule has 2 aromatic rings. The van der Waals surface area contributed by atoms with Crippen LogP contribution in [0.25, 0.3) is 0 Å². The Morgan fingerprint density at radius 1 is 1.15 bits per heavy atom.